The zero-order chi connectivity index (χ0) is 24.8. The van der Waals surface area contributed by atoms with Gasteiger partial charge in [0.05, 0.1) is 24.8 Å². The molecule has 3 rings (SSSR count). The normalized spacial score (nSPS) is 17.3. The van der Waals surface area contributed by atoms with Crippen LogP contribution in [0.1, 0.15) is 62.8 Å². The fourth-order valence-electron chi connectivity index (χ4n) is 4.23. The Kier molecular flexibility index (Phi) is 8.21. The molecule has 1 saturated heterocycles. The minimum atomic E-state index is -0.788. The van der Waals surface area contributed by atoms with Crippen molar-refractivity contribution in [2.75, 3.05) is 19.8 Å². The van der Waals surface area contributed by atoms with E-state index in [0.29, 0.717) is 36.6 Å². The number of phenolic OH excluding ortho intramolecular Hbond substituents is 1. The van der Waals surface area contributed by atoms with Crippen molar-refractivity contribution in [1.82, 2.24) is 4.90 Å². The van der Waals surface area contributed by atoms with Gasteiger partial charge in [-0.2, -0.15) is 0 Å². The van der Waals surface area contributed by atoms with Crippen molar-refractivity contribution in [2.45, 2.75) is 53.0 Å². The third-order valence-corrected chi connectivity index (χ3v) is 5.89. The van der Waals surface area contributed by atoms with E-state index in [2.05, 4.69) is 6.92 Å². The highest BCUT2D eigenvalue weighted by Gasteiger charge is 2.46. The van der Waals surface area contributed by atoms with Crippen LogP contribution >= 0.6 is 0 Å². The smallest absolute Gasteiger partial charge is 0.295 e. The number of amides is 1. The highest BCUT2D eigenvalue weighted by molar-refractivity contribution is 6.46. The number of likely N-dealkylation sites (tertiary alicyclic amines) is 1. The molecule has 0 aliphatic carbocycles. The largest absolute Gasteiger partial charge is 0.507 e. The van der Waals surface area contributed by atoms with Crippen LogP contribution in [0.3, 0.4) is 0 Å². The standard InChI is InChI=1S/C27H33NO6/c1-5-8-9-14-28-24(18-10-12-20(29)22(16-18)34-7-3)23(26(31)27(28)32)25(30)19-11-13-21(33-6-2)17(4)15-19/h10-13,15-16,24,29-30H,5-9,14H2,1-4H3/b25-23-. The average Bonchev–Trinajstić information content (AvgIpc) is 3.07. The van der Waals surface area contributed by atoms with Crippen LogP contribution < -0.4 is 9.47 Å². The number of aromatic hydroxyl groups is 1. The van der Waals surface area contributed by atoms with E-state index >= 15 is 0 Å². The molecule has 182 valence electrons. The number of ether oxygens (including phenoxy) is 2. The third kappa shape index (κ3) is 5.03. The Bertz CT molecular complexity index is 1090. The molecule has 0 radical (unpaired) electrons. The van der Waals surface area contributed by atoms with Gasteiger partial charge in [0.2, 0.25) is 0 Å². The van der Waals surface area contributed by atoms with Crippen molar-refractivity contribution in [2.24, 2.45) is 0 Å². The molecule has 0 aromatic heterocycles. The van der Waals surface area contributed by atoms with Crippen LogP contribution in [0.4, 0.5) is 0 Å². The maximum atomic E-state index is 13.2. The zero-order valence-electron chi connectivity index (χ0n) is 20.3. The number of hydrogen-bond acceptors (Lipinski definition) is 6. The van der Waals surface area contributed by atoms with Crippen LogP contribution in [0.5, 0.6) is 17.2 Å². The first-order chi connectivity index (χ1) is 16.3. The molecule has 7 heteroatoms. The van der Waals surface area contributed by atoms with Crippen molar-refractivity contribution in [3.05, 3.63) is 58.7 Å². The Hall–Kier alpha value is -3.48. The lowest BCUT2D eigenvalue weighted by atomic mass is 9.94. The van der Waals surface area contributed by atoms with Gasteiger partial charge in [0.25, 0.3) is 11.7 Å². The lowest BCUT2D eigenvalue weighted by Gasteiger charge is -2.26. The second-order valence-corrected chi connectivity index (χ2v) is 8.27. The number of phenols is 1. The number of carbonyl (C=O) groups is 2. The predicted molar refractivity (Wildman–Crippen MR) is 130 cm³/mol. The molecule has 1 fully saturated rings. The highest BCUT2D eigenvalue weighted by Crippen LogP contribution is 2.42. The molecule has 0 spiro atoms. The molecule has 1 atom stereocenters. The number of rotatable bonds is 10. The summed E-state index contributed by atoms with van der Waals surface area (Å²) in [7, 11) is 0. The van der Waals surface area contributed by atoms with E-state index < -0.39 is 17.7 Å². The molecule has 1 heterocycles. The Morgan fingerprint density at radius 2 is 1.68 bits per heavy atom. The first kappa shape index (κ1) is 25.1. The molecule has 2 aromatic rings. The fourth-order valence-corrected chi connectivity index (χ4v) is 4.23. The minimum absolute atomic E-state index is 0.0261. The number of Topliss-reactive ketones (excluding diaryl/α,β-unsaturated/α-hetero) is 1. The topological polar surface area (TPSA) is 96.3 Å². The van der Waals surface area contributed by atoms with Gasteiger partial charge in [0.1, 0.15) is 11.5 Å². The van der Waals surface area contributed by atoms with Crippen LogP contribution in [0, 0.1) is 6.92 Å². The van der Waals surface area contributed by atoms with Gasteiger partial charge in [-0.15, -0.1) is 0 Å². The van der Waals surface area contributed by atoms with Gasteiger partial charge in [-0.3, -0.25) is 9.59 Å². The van der Waals surface area contributed by atoms with Crippen LogP contribution in [0.25, 0.3) is 5.76 Å². The maximum absolute atomic E-state index is 13.2. The van der Waals surface area contributed by atoms with E-state index in [0.717, 1.165) is 24.8 Å². The van der Waals surface area contributed by atoms with Gasteiger partial charge in [0, 0.05) is 12.1 Å². The summed E-state index contributed by atoms with van der Waals surface area (Å²) < 4.78 is 11.1. The Morgan fingerprint density at radius 3 is 2.32 bits per heavy atom. The Morgan fingerprint density at radius 1 is 0.971 bits per heavy atom. The lowest BCUT2D eigenvalue weighted by molar-refractivity contribution is -0.139. The van der Waals surface area contributed by atoms with Crippen LogP contribution in [0.15, 0.2) is 42.0 Å². The average molecular weight is 468 g/mol. The number of benzene rings is 2. The molecule has 1 amide bonds. The molecule has 34 heavy (non-hydrogen) atoms. The Balaban J connectivity index is 2.14. The fraction of sp³-hybridized carbons (Fsp3) is 0.407. The summed E-state index contributed by atoms with van der Waals surface area (Å²) in [5, 5.41) is 21.4. The third-order valence-electron chi connectivity index (χ3n) is 5.89. The molecular formula is C27H33NO6. The second-order valence-electron chi connectivity index (χ2n) is 8.27. The molecule has 2 N–H and O–H groups in total. The molecule has 1 aliphatic rings. The van der Waals surface area contributed by atoms with E-state index in [1.165, 1.54) is 11.0 Å². The second kappa shape index (κ2) is 11.1. The monoisotopic (exact) mass is 467 g/mol. The molecular weight excluding hydrogens is 434 g/mol. The number of unbranched alkanes of at least 4 members (excludes halogenated alkanes) is 2. The van der Waals surface area contributed by atoms with E-state index in [4.69, 9.17) is 9.47 Å². The number of ketones is 1. The molecule has 2 aromatic carbocycles. The molecule has 0 bridgehead atoms. The number of aryl methyl sites for hydroxylation is 1. The minimum Gasteiger partial charge on any atom is -0.507 e. The highest BCUT2D eigenvalue weighted by atomic mass is 16.5. The number of carbonyl (C=O) groups excluding carboxylic acids is 2. The number of aliphatic hydroxyl groups is 1. The van der Waals surface area contributed by atoms with E-state index in [1.54, 1.807) is 37.3 Å². The van der Waals surface area contributed by atoms with Crippen LogP contribution in [0.2, 0.25) is 0 Å². The summed E-state index contributed by atoms with van der Waals surface area (Å²) in [5.74, 6) is -0.686. The summed E-state index contributed by atoms with van der Waals surface area (Å²) >= 11 is 0. The number of hydrogen-bond donors (Lipinski definition) is 2. The maximum Gasteiger partial charge on any atom is 0.295 e. The van der Waals surface area contributed by atoms with Gasteiger partial charge < -0.3 is 24.6 Å². The summed E-state index contributed by atoms with van der Waals surface area (Å²) in [4.78, 5) is 27.7. The van der Waals surface area contributed by atoms with Crippen molar-refractivity contribution in [3.8, 4) is 17.2 Å². The SMILES string of the molecule is CCCCCN1C(=O)C(=O)/C(=C(\O)c2ccc(OCC)c(C)c2)C1c1ccc(O)c(OCC)c1. The van der Waals surface area contributed by atoms with Gasteiger partial charge in [-0.05, 0) is 68.7 Å². The van der Waals surface area contributed by atoms with E-state index in [9.17, 15) is 19.8 Å². The van der Waals surface area contributed by atoms with Gasteiger partial charge in [-0.25, -0.2) is 0 Å². The van der Waals surface area contributed by atoms with Gasteiger partial charge in [-0.1, -0.05) is 25.8 Å². The predicted octanol–water partition coefficient (Wildman–Crippen LogP) is 5.11. The van der Waals surface area contributed by atoms with Crippen molar-refractivity contribution in [3.63, 3.8) is 0 Å². The van der Waals surface area contributed by atoms with Gasteiger partial charge >= 0.3 is 0 Å². The van der Waals surface area contributed by atoms with Crippen molar-refractivity contribution < 1.29 is 29.3 Å². The van der Waals surface area contributed by atoms with Gasteiger partial charge in [0.15, 0.2) is 11.5 Å². The molecule has 0 saturated carbocycles. The molecule has 1 aliphatic heterocycles. The summed E-state index contributed by atoms with van der Waals surface area (Å²) in [6.45, 7) is 8.86. The zero-order valence-corrected chi connectivity index (χ0v) is 20.3. The Labute approximate surface area is 200 Å². The van der Waals surface area contributed by atoms with Crippen LogP contribution in [-0.2, 0) is 9.59 Å². The lowest BCUT2D eigenvalue weighted by Crippen LogP contribution is -2.30. The van der Waals surface area contributed by atoms with Crippen molar-refractivity contribution >= 4 is 17.4 Å². The number of aliphatic hydroxyl groups excluding tert-OH is 1. The molecule has 1 unspecified atom stereocenters. The van der Waals surface area contributed by atoms with Crippen molar-refractivity contribution in [1.29, 1.82) is 0 Å². The summed E-state index contributed by atoms with van der Waals surface area (Å²) in [6, 6.07) is 9.13. The first-order valence-corrected chi connectivity index (χ1v) is 11.8. The molecule has 7 nitrogen and oxygen atoms in total. The first-order valence-electron chi connectivity index (χ1n) is 11.8. The van der Waals surface area contributed by atoms with E-state index in [-0.39, 0.29) is 22.8 Å². The summed E-state index contributed by atoms with van der Waals surface area (Å²) in [6.07, 6.45) is 2.61. The number of nitrogens with zero attached hydrogens (tertiary/aromatic N) is 1. The summed E-state index contributed by atoms with van der Waals surface area (Å²) in [5.41, 5.74) is 1.85. The quantitative estimate of drug-likeness (QED) is 0.218. The van der Waals surface area contributed by atoms with Crippen LogP contribution in [-0.4, -0.2) is 46.6 Å². The van der Waals surface area contributed by atoms with E-state index in [1.807, 2.05) is 13.8 Å².